The van der Waals surface area contributed by atoms with E-state index in [0.717, 1.165) is 40.0 Å². The minimum absolute atomic E-state index is 0.0697. The van der Waals surface area contributed by atoms with E-state index in [1.54, 1.807) is 24.1 Å². The molecule has 1 atom stereocenters. The number of nitrogens with zero attached hydrogens (tertiary/aromatic N) is 2. The smallest absolute Gasteiger partial charge is 0.326 e. The molecule has 4 rings (SSSR count). The molecule has 1 aliphatic rings. The van der Waals surface area contributed by atoms with Crippen LogP contribution in [0.3, 0.4) is 0 Å². The lowest BCUT2D eigenvalue weighted by atomic mass is 9.90. The Hall–Kier alpha value is -3.87. The highest BCUT2D eigenvalue weighted by Gasteiger charge is 2.30. The van der Waals surface area contributed by atoms with Gasteiger partial charge in [0.2, 0.25) is 5.88 Å². The van der Waals surface area contributed by atoms with Crippen molar-refractivity contribution >= 4 is 23.2 Å². The lowest BCUT2D eigenvalue weighted by Gasteiger charge is -2.35. The van der Waals surface area contributed by atoms with Crippen LogP contribution in [0.5, 0.6) is 11.6 Å². The first-order valence-corrected chi connectivity index (χ1v) is 12.6. The van der Waals surface area contributed by atoms with Gasteiger partial charge in [0.1, 0.15) is 24.2 Å². The van der Waals surface area contributed by atoms with Gasteiger partial charge in [-0.2, -0.15) is 0 Å². The number of anilines is 2. The molecule has 2 amide bonds. The molecule has 0 fully saturated rings. The van der Waals surface area contributed by atoms with Gasteiger partial charge >= 0.3 is 6.03 Å². The van der Waals surface area contributed by atoms with E-state index in [1.165, 1.54) is 0 Å². The summed E-state index contributed by atoms with van der Waals surface area (Å²) in [7, 11) is 0. The van der Waals surface area contributed by atoms with Gasteiger partial charge in [-0.15, -0.1) is 0 Å². The largest absolute Gasteiger partial charge is 0.486 e. The van der Waals surface area contributed by atoms with E-state index in [-0.39, 0.29) is 24.5 Å². The molecule has 0 bridgehead atoms. The molecule has 0 radical (unpaired) electrons. The summed E-state index contributed by atoms with van der Waals surface area (Å²) in [6.07, 6.45) is 2.41. The number of ether oxygens (including phenoxy) is 2. The van der Waals surface area contributed by atoms with Gasteiger partial charge in [0.05, 0.1) is 17.6 Å². The Morgan fingerprint density at radius 1 is 1.11 bits per heavy atom. The molecule has 1 aliphatic heterocycles. The Kier molecular flexibility index (Phi) is 7.52. The van der Waals surface area contributed by atoms with Crippen LogP contribution in [0.2, 0.25) is 0 Å². The van der Waals surface area contributed by atoms with Gasteiger partial charge < -0.3 is 14.8 Å². The van der Waals surface area contributed by atoms with Crippen molar-refractivity contribution in [1.82, 2.24) is 4.98 Å². The van der Waals surface area contributed by atoms with Crippen LogP contribution in [-0.2, 0) is 4.79 Å². The highest BCUT2D eigenvalue weighted by molar-refractivity contribution is 6.03. The van der Waals surface area contributed by atoms with Crippen LogP contribution in [-0.4, -0.2) is 36.1 Å². The molecular formula is C30H35N3O4. The highest BCUT2D eigenvalue weighted by Crippen LogP contribution is 2.38. The summed E-state index contributed by atoms with van der Waals surface area (Å²) < 4.78 is 12.0. The molecule has 194 valence electrons. The first kappa shape index (κ1) is 26.2. The van der Waals surface area contributed by atoms with Gasteiger partial charge in [-0.1, -0.05) is 30.7 Å². The number of ketones is 1. The molecule has 7 heteroatoms. The van der Waals surface area contributed by atoms with Crippen molar-refractivity contribution in [2.45, 2.75) is 54.1 Å². The normalized spacial score (nSPS) is 15.0. The summed E-state index contributed by atoms with van der Waals surface area (Å²) in [6.45, 7) is 12.1. The number of rotatable bonds is 7. The summed E-state index contributed by atoms with van der Waals surface area (Å²) in [5.74, 6) is 1.20. The lowest BCUT2D eigenvalue weighted by Crippen LogP contribution is -2.45. The van der Waals surface area contributed by atoms with E-state index in [0.29, 0.717) is 18.2 Å². The molecule has 0 aliphatic carbocycles. The fourth-order valence-electron chi connectivity index (χ4n) is 4.06. The van der Waals surface area contributed by atoms with Gasteiger partial charge in [0.15, 0.2) is 0 Å². The number of urea groups is 1. The zero-order valence-corrected chi connectivity index (χ0v) is 22.4. The molecule has 2 aromatic carbocycles. The fraction of sp³-hybridized carbons (Fsp3) is 0.367. The molecule has 2 heterocycles. The summed E-state index contributed by atoms with van der Waals surface area (Å²) >= 11 is 0. The van der Waals surface area contributed by atoms with Crippen LogP contribution < -0.4 is 19.7 Å². The quantitative estimate of drug-likeness (QED) is 0.396. The van der Waals surface area contributed by atoms with Gasteiger partial charge in [0.25, 0.3) is 0 Å². The third-order valence-corrected chi connectivity index (χ3v) is 6.86. The lowest BCUT2D eigenvalue weighted by molar-refractivity contribution is -0.126. The van der Waals surface area contributed by atoms with Gasteiger partial charge in [-0.05, 0) is 76.4 Å². The number of aromatic nitrogens is 1. The third-order valence-electron chi connectivity index (χ3n) is 6.86. The number of pyridine rings is 1. The van der Waals surface area contributed by atoms with Crippen LogP contribution in [0.4, 0.5) is 16.2 Å². The molecule has 0 saturated heterocycles. The molecule has 0 saturated carbocycles. The van der Waals surface area contributed by atoms with E-state index in [2.05, 4.69) is 23.3 Å². The van der Waals surface area contributed by atoms with Crippen LogP contribution in [0.25, 0.3) is 11.1 Å². The van der Waals surface area contributed by atoms with Crippen LogP contribution in [0, 0.1) is 19.3 Å². The summed E-state index contributed by atoms with van der Waals surface area (Å²) in [5, 5.41) is 3.06. The average Bonchev–Trinajstić information content (AvgIpc) is 2.88. The number of benzene rings is 2. The standard InChI is InChI=1S/C30H35N3O4/c1-7-24-17-33(29(35)32-25-11-8-19(2)14-20(25)3)26-12-9-22(15-27(26)37-24)23-10-13-28(31-16-23)36-18-30(5,6)21(4)34/h8-16,24H,7,17-18H2,1-6H3,(H,32,35). The topological polar surface area (TPSA) is 80.8 Å². The molecule has 7 nitrogen and oxygen atoms in total. The van der Waals surface area contributed by atoms with E-state index < -0.39 is 5.41 Å². The number of hydrogen-bond acceptors (Lipinski definition) is 5. The minimum Gasteiger partial charge on any atom is -0.486 e. The maximum absolute atomic E-state index is 13.3. The monoisotopic (exact) mass is 501 g/mol. The molecular weight excluding hydrogens is 466 g/mol. The van der Waals surface area contributed by atoms with E-state index in [1.807, 2.05) is 64.1 Å². The summed E-state index contributed by atoms with van der Waals surface area (Å²) in [4.78, 5) is 31.2. The van der Waals surface area contributed by atoms with Crippen molar-refractivity contribution in [2.24, 2.45) is 5.41 Å². The number of Topliss-reactive ketones (excluding diaryl/α,β-unsaturated/α-hetero) is 1. The molecule has 1 aromatic heterocycles. The number of nitrogens with one attached hydrogen (secondary N) is 1. The molecule has 0 spiro atoms. The Morgan fingerprint density at radius 2 is 1.86 bits per heavy atom. The second-order valence-corrected chi connectivity index (χ2v) is 10.3. The third kappa shape index (κ3) is 5.93. The Morgan fingerprint density at radius 3 is 2.51 bits per heavy atom. The zero-order valence-electron chi connectivity index (χ0n) is 22.4. The van der Waals surface area contributed by atoms with Crippen molar-refractivity contribution in [1.29, 1.82) is 0 Å². The van der Waals surface area contributed by atoms with Gasteiger partial charge in [-0.3, -0.25) is 9.69 Å². The number of carbonyl (C=O) groups is 2. The second kappa shape index (κ2) is 10.6. The highest BCUT2D eigenvalue weighted by atomic mass is 16.5. The van der Waals surface area contributed by atoms with Crippen molar-refractivity contribution in [2.75, 3.05) is 23.4 Å². The predicted octanol–water partition coefficient (Wildman–Crippen LogP) is 6.57. The second-order valence-electron chi connectivity index (χ2n) is 10.3. The molecule has 3 aromatic rings. The van der Waals surface area contributed by atoms with E-state index in [4.69, 9.17) is 9.47 Å². The predicted molar refractivity (Wildman–Crippen MR) is 147 cm³/mol. The van der Waals surface area contributed by atoms with Crippen LogP contribution >= 0.6 is 0 Å². The first-order valence-electron chi connectivity index (χ1n) is 12.6. The summed E-state index contributed by atoms with van der Waals surface area (Å²) in [5.41, 5.74) is 4.96. The zero-order chi connectivity index (χ0) is 26.7. The van der Waals surface area contributed by atoms with Crippen molar-refractivity contribution in [3.63, 3.8) is 0 Å². The minimum atomic E-state index is -0.567. The van der Waals surface area contributed by atoms with Crippen LogP contribution in [0.1, 0.15) is 45.2 Å². The Bertz CT molecular complexity index is 1300. The van der Waals surface area contributed by atoms with Crippen molar-refractivity contribution in [3.8, 4) is 22.8 Å². The van der Waals surface area contributed by atoms with Crippen molar-refractivity contribution < 1.29 is 19.1 Å². The Labute approximate surface area is 218 Å². The van der Waals surface area contributed by atoms with Gasteiger partial charge in [-0.25, -0.2) is 9.78 Å². The van der Waals surface area contributed by atoms with Crippen LogP contribution in [0.15, 0.2) is 54.7 Å². The molecule has 1 unspecified atom stereocenters. The number of aryl methyl sites for hydroxylation is 2. The average molecular weight is 502 g/mol. The summed E-state index contributed by atoms with van der Waals surface area (Å²) in [6, 6.07) is 15.3. The molecule has 1 N–H and O–H groups in total. The SMILES string of the molecule is CCC1CN(C(=O)Nc2ccc(C)cc2C)c2ccc(-c3ccc(OCC(C)(C)C(C)=O)nc3)cc2O1. The number of amides is 2. The Balaban J connectivity index is 1.54. The molecule has 37 heavy (non-hydrogen) atoms. The van der Waals surface area contributed by atoms with Crippen molar-refractivity contribution in [3.05, 3.63) is 65.9 Å². The van der Waals surface area contributed by atoms with E-state index in [9.17, 15) is 9.59 Å². The van der Waals surface area contributed by atoms with Gasteiger partial charge in [0, 0.05) is 23.5 Å². The maximum atomic E-state index is 13.3. The fourth-order valence-corrected chi connectivity index (χ4v) is 4.06. The number of fused-ring (bicyclic) bond motifs is 1. The number of hydrogen-bond donors (Lipinski definition) is 1. The van der Waals surface area contributed by atoms with E-state index >= 15 is 0 Å². The maximum Gasteiger partial charge on any atom is 0.326 e. The first-order chi connectivity index (χ1) is 17.6. The number of carbonyl (C=O) groups excluding carboxylic acids is 2.